The Morgan fingerprint density at radius 2 is 1.80 bits per heavy atom. The van der Waals surface area contributed by atoms with E-state index in [4.69, 9.17) is 5.73 Å². The van der Waals surface area contributed by atoms with Gasteiger partial charge in [-0.1, -0.05) is 24.3 Å². The molecule has 0 fully saturated rings. The summed E-state index contributed by atoms with van der Waals surface area (Å²) in [6.45, 7) is 4.02. The zero-order valence-electron chi connectivity index (χ0n) is 12.3. The van der Waals surface area contributed by atoms with Crippen LogP contribution in [0, 0.1) is 6.92 Å². The van der Waals surface area contributed by atoms with E-state index in [-0.39, 0.29) is 0 Å². The fourth-order valence-electron chi connectivity index (χ4n) is 2.20. The SMILES string of the molecule is Cc1c(N)cccc1NCCCN(C)c1ccccc1. The maximum absolute atomic E-state index is 5.90. The lowest BCUT2D eigenvalue weighted by Gasteiger charge is -2.19. The van der Waals surface area contributed by atoms with Gasteiger partial charge >= 0.3 is 0 Å². The van der Waals surface area contributed by atoms with Crippen LogP contribution in [-0.2, 0) is 0 Å². The summed E-state index contributed by atoms with van der Waals surface area (Å²) in [6, 6.07) is 16.4. The minimum absolute atomic E-state index is 0.844. The Balaban J connectivity index is 1.78. The molecule has 0 heterocycles. The van der Waals surface area contributed by atoms with Crippen molar-refractivity contribution in [2.45, 2.75) is 13.3 Å². The van der Waals surface area contributed by atoms with Gasteiger partial charge in [-0.25, -0.2) is 0 Å². The lowest BCUT2D eigenvalue weighted by atomic mass is 10.1. The molecule has 0 aliphatic heterocycles. The quantitative estimate of drug-likeness (QED) is 0.623. The molecule has 0 aromatic heterocycles. The number of rotatable bonds is 6. The highest BCUT2D eigenvalue weighted by molar-refractivity contribution is 5.62. The number of nitrogens with two attached hydrogens (primary N) is 1. The van der Waals surface area contributed by atoms with Gasteiger partial charge in [0.05, 0.1) is 0 Å². The van der Waals surface area contributed by atoms with Crippen LogP contribution in [0.1, 0.15) is 12.0 Å². The number of benzene rings is 2. The normalized spacial score (nSPS) is 10.3. The van der Waals surface area contributed by atoms with Gasteiger partial charge in [0, 0.05) is 37.2 Å². The van der Waals surface area contributed by atoms with Crippen molar-refractivity contribution in [1.29, 1.82) is 0 Å². The minimum Gasteiger partial charge on any atom is -0.398 e. The Labute approximate surface area is 121 Å². The number of anilines is 3. The van der Waals surface area contributed by atoms with Crippen molar-refractivity contribution in [3.05, 3.63) is 54.1 Å². The maximum Gasteiger partial charge on any atom is 0.0390 e. The van der Waals surface area contributed by atoms with Crippen LogP contribution in [0.15, 0.2) is 48.5 Å². The van der Waals surface area contributed by atoms with E-state index in [0.29, 0.717) is 0 Å². The predicted octanol–water partition coefficient (Wildman–Crippen LogP) is 3.52. The monoisotopic (exact) mass is 269 g/mol. The number of nitrogen functional groups attached to an aromatic ring is 1. The Morgan fingerprint density at radius 1 is 1.05 bits per heavy atom. The molecule has 0 amide bonds. The number of hydrogen-bond acceptors (Lipinski definition) is 3. The molecule has 3 nitrogen and oxygen atoms in total. The summed E-state index contributed by atoms with van der Waals surface area (Å²) in [7, 11) is 2.13. The van der Waals surface area contributed by atoms with Crippen molar-refractivity contribution in [3.8, 4) is 0 Å². The van der Waals surface area contributed by atoms with Gasteiger partial charge in [-0.05, 0) is 43.2 Å². The van der Waals surface area contributed by atoms with Gasteiger partial charge < -0.3 is 16.0 Å². The van der Waals surface area contributed by atoms with Crippen molar-refractivity contribution in [1.82, 2.24) is 0 Å². The molecule has 2 rings (SSSR count). The molecule has 0 atom stereocenters. The second-order valence-electron chi connectivity index (χ2n) is 5.06. The second kappa shape index (κ2) is 6.85. The van der Waals surface area contributed by atoms with Crippen molar-refractivity contribution in [2.24, 2.45) is 0 Å². The molecule has 2 aromatic rings. The Bertz CT molecular complexity index is 537. The van der Waals surface area contributed by atoms with E-state index < -0.39 is 0 Å². The molecule has 3 N–H and O–H groups in total. The van der Waals surface area contributed by atoms with Crippen LogP contribution in [0.4, 0.5) is 17.1 Å². The molecule has 0 unspecified atom stereocenters. The van der Waals surface area contributed by atoms with Gasteiger partial charge in [0.25, 0.3) is 0 Å². The fourth-order valence-corrected chi connectivity index (χ4v) is 2.20. The Morgan fingerprint density at radius 3 is 2.55 bits per heavy atom. The molecule has 106 valence electrons. The average Bonchev–Trinajstić information content (AvgIpc) is 2.48. The minimum atomic E-state index is 0.844. The van der Waals surface area contributed by atoms with E-state index in [2.05, 4.69) is 47.6 Å². The van der Waals surface area contributed by atoms with Crippen LogP contribution < -0.4 is 16.0 Å². The molecule has 2 aromatic carbocycles. The van der Waals surface area contributed by atoms with Crippen molar-refractivity contribution < 1.29 is 0 Å². The van der Waals surface area contributed by atoms with E-state index in [1.54, 1.807) is 0 Å². The van der Waals surface area contributed by atoms with E-state index >= 15 is 0 Å². The fraction of sp³-hybridized carbons (Fsp3) is 0.294. The molecule has 20 heavy (non-hydrogen) atoms. The highest BCUT2D eigenvalue weighted by Gasteiger charge is 2.02. The number of nitrogens with zero attached hydrogens (tertiary/aromatic N) is 1. The first-order chi connectivity index (χ1) is 9.68. The summed E-state index contributed by atoms with van der Waals surface area (Å²) in [5, 5.41) is 3.45. The van der Waals surface area contributed by atoms with Gasteiger partial charge in [0.2, 0.25) is 0 Å². The molecular formula is C17H23N3. The zero-order valence-corrected chi connectivity index (χ0v) is 12.3. The average molecular weight is 269 g/mol. The van der Waals surface area contributed by atoms with Gasteiger partial charge in [-0.15, -0.1) is 0 Å². The number of hydrogen-bond donors (Lipinski definition) is 2. The van der Waals surface area contributed by atoms with Crippen LogP contribution in [0.3, 0.4) is 0 Å². The first kappa shape index (κ1) is 14.3. The van der Waals surface area contributed by atoms with Gasteiger partial charge in [0.15, 0.2) is 0 Å². The highest BCUT2D eigenvalue weighted by Crippen LogP contribution is 2.20. The lowest BCUT2D eigenvalue weighted by Crippen LogP contribution is -2.20. The van der Waals surface area contributed by atoms with Crippen LogP contribution >= 0.6 is 0 Å². The van der Waals surface area contributed by atoms with Crippen LogP contribution in [0.5, 0.6) is 0 Å². The van der Waals surface area contributed by atoms with Crippen LogP contribution in [0.25, 0.3) is 0 Å². The third-order valence-electron chi connectivity index (χ3n) is 3.56. The summed E-state index contributed by atoms with van der Waals surface area (Å²) in [5.41, 5.74) is 10.3. The predicted molar refractivity (Wildman–Crippen MR) is 88.4 cm³/mol. The number of para-hydroxylation sites is 1. The van der Waals surface area contributed by atoms with Crippen LogP contribution in [0.2, 0.25) is 0 Å². The molecule has 3 heteroatoms. The molecule has 0 aliphatic rings. The van der Waals surface area contributed by atoms with E-state index in [0.717, 1.165) is 36.4 Å². The van der Waals surface area contributed by atoms with E-state index in [1.165, 1.54) is 5.69 Å². The third-order valence-corrected chi connectivity index (χ3v) is 3.56. The van der Waals surface area contributed by atoms with Gasteiger partial charge in [0.1, 0.15) is 0 Å². The lowest BCUT2D eigenvalue weighted by molar-refractivity contribution is 0.816. The van der Waals surface area contributed by atoms with Crippen molar-refractivity contribution in [2.75, 3.05) is 36.1 Å². The van der Waals surface area contributed by atoms with E-state index in [9.17, 15) is 0 Å². The van der Waals surface area contributed by atoms with Gasteiger partial charge in [-0.3, -0.25) is 0 Å². The number of nitrogens with one attached hydrogen (secondary N) is 1. The first-order valence-corrected chi connectivity index (χ1v) is 7.03. The largest absolute Gasteiger partial charge is 0.398 e. The maximum atomic E-state index is 5.90. The third kappa shape index (κ3) is 3.67. The summed E-state index contributed by atoms with van der Waals surface area (Å²) < 4.78 is 0. The van der Waals surface area contributed by atoms with Crippen molar-refractivity contribution in [3.63, 3.8) is 0 Å². The summed E-state index contributed by atoms with van der Waals surface area (Å²) >= 11 is 0. The molecule has 0 bridgehead atoms. The van der Waals surface area contributed by atoms with Gasteiger partial charge in [-0.2, -0.15) is 0 Å². The Kier molecular flexibility index (Phi) is 4.88. The smallest absolute Gasteiger partial charge is 0.0390 e. The summed E-state index contributed by atoms with van der Waals surface area (Å²) in [6.07, 6.45) is 1.08. The molecule has 0 spiro atoms. The molecule has 0 aliphatic carbocycles. The molecule has 0 radical (unpaired) electrons. The molecular weight excluding hydrogens is 246 g/mol. The molecule has 0 saturated carbocycles. The second-order valence-corrected chi connectivity index (χ2v) is 5.06. The Hall–Kier alpha value is -2.16. The zero-order chi connectivity index (χ0) is 14.4. The topological polar surface area (TPSA) is 41.3 Å². The first-order valence-electron chi connectivity index (χ1n) is 7.03. The molecule has 0 saturated heterocycles. The summed E-state index contributed by atoms with van der Waals surface area (Å²) in [5.74, 6) is 0. The van der Waals surface area contributed by atoms with E-state index in [1.807, 2.05) is 25.1 Å². The van der Waals surface area contributed by atoms with Crippen molar-refractivity contribution >= 4 is 17.1 Å². The van der Waals surface area contributed by atoms with Crippen LogP contribution in [-0.4, -0.2) is 20.1 Å². The summed E-state index contributed by atoms with van der Waals surface area (Å²) in [4.78, 5) is 2.27. The standard InChI is InChI=1S/C17H23N3/c1-14-16(18)10-6-11-17(14)19-12-7-13-20(2)15-8-4-3-5-9-15/h3-6,8-11,19H,7,12-13,18H2,1-2H3. The highest BCUT2D eigenvalue weighted by atomic mass is 15.1.